The van der Waals surface area contributed by atoms with Gasteiger partial charge in [0, 0.05) is 49.9 Å². The predicted molar refractivity (Wildman–Crippen MR) is 112 cm³/mol. The van der Waals surface area contributed by atoms with Crippen LogP contribution in [0.5, 0.6) is 0 Å². The number of aromatic nitrogens is 2. The first-order valence-electron chi connectivity index (χ1n) is 9.72. The number of nitrogens with zero attached hydrogens (tertiary/aromatic N) is 4. The van der Waals surface area contributed by atoms with E-state index in [1.54, 1.807) is 23.1 Å². The Morgan fingerprint density at radius 2 is 1.90 bits per heavy atom. The molecule has 3 aromatic rings. The van der Waals surface area contributed by atoms with Crippen molar-refractivity contribution in [2.24, 2.45) is 0 Å². The molecule has 3 heterocycles. The van der Waals surface area contributed by atoms with Gasteiger partial charge in [0.1, 0.15) is 17.0 Å². The normalized spacial score (nSPS) is 14.3. The molecule has 1 aromatic carbocycles. The maximum absolute atomic E-state index is 12.9. The number of fused-ring (bicyclic) bond motifs is 1. The Balaban J connectivity index is 1.49. The average Bonchev–Trinajstić information content (AvgIpc) is 2.73. The van der Waals surface area contributed by atoms with Gasteiger partial charge in [0.25, 0.3) is 5.91 Å². The Hall–Kier alpha value is -3.42. The number of hydrogen-bond acceptors (Lipinski definition) is 7. The number of carbonyl (C=O) groups is 1. The van der Waals surface area contributed by atoms with Crippen LogP contribution in [0.15, 0.2) is 45.6 Å². The number of aryl methyl sites for hydroxylation is 1. The van der Waals surface area contributed by atoms with Gasteiger partial charge in [-0.05, 0) is 26.0 Å². The zero-order valence-electron chi connectivity index (χ0n) is 16.5. The number of hydrogen-bond donors (Lipinski definition) is 1. The van der Waals surface area contributed by atoms with Crippen LogP contribution in [0.1, 0.15) is 23.0 Å². The van der Waals surface area contributed by atoms with Crippen molar-refractivity contribution in [3.05, 3.63) is 58.1 Å². The van der Waals surface area contributed by atoms with Gasteiger partial charge in [-0.15, -0.1) is 0 Å². The number of anilines is 2. The summed E-state index contributed by atoms with van der Waals surface area (Å²) in [5, 5.41) is 3.94. The molecular weight excluding hydrogens is 370 g/mol. The Labute approximate surface area is 168 Å². The van der Waals surface area contributed by atoms with Crippen LogP contribution < -0.4 is 15.8 Å². The molecule has 150 valence electrons. The Morgan fingerprint density at radius 3 is 2.66 bits per heavy atom. The Kier molecular flexibility index (Phi) is 5.16. The summed E-state index contributed by atoms with van der Waals surface area (Å²) in [5.41, 5.74) is 0.831. The second kappa shape index (κ2) is 7.90. The molecule has 8 nitrogen and oxygen atoms in total. The van der Waals surface area contributed by atoms with Gasteiger partial charge in [0.05, 0.1) is 0 Å². The molecule has 4 rings (SSSR count). The van der Waals surface area contributed by atoms with Crippen LogP contribution in [0, 0.1) is 6.92 Å². The minimum Gasteiger partial charge on any atom is -0.422 e. The summed E-state index contributed by atoms with van der Waals surface area (Å²) >= 11 is 0. The minimum absolute atomic E-state index is 0.0680. The first-order chi connectivity index (χ1) is 14.0. The molecular formula is C21H23N5O3. The van der Waals surface area contributed by atoms with E-state index in [0.29, 0.717) is 37.7 Å². The topological polar surface area (TPSA) is 91.6 Å². The van der Waals surface area contributed by atoms with Crippen molar-refractivity contribution in [2.75, 3.05) is 42.9 Å². The van der Waals surface area contributed by atoms with E-state index in [4.69, 9.17) is 4.42 Å². The van der Waals surface area contributed by atoms with Crippen LogP contribution in [-0.2, 0) is 0 Å². The van der Waals surface area contributed by atoms with Crippen LogP contribution in [0.25, 0.3) is 11.0 Å². The van der Waals surface area contributed by atoms with Gasteiger partial charge in [-0.1, -0.05) is 18.2 Å². The fourth-order valence-electron chi connectivity index (χ4n) is 3.46. The van der Waals surface area contributed by atoms with Gasteiger partial charge in [-0.25, -0.2) is 9.78 Å². The molecule has 0 bridgehead atoms. The first-order valence-corrected chi connectivity index (χ1v) is 9.72. The lowest BCUT2D eigenvalue weighted by atomic mass is 10.1. The van der Waals surface area contributed by atoms with Gasteiger partial charge >= 0.3 is 5.63 Å². The third-order valence-corrected chi connectivity index (χ3v) is 4.92. The van der Waals surface area contributed by atoms with E-state index >= 15 is 0 Å². The van der Waals surface area contributed by atoms with Gasteiger partial charge in [-0.2, -0.15) is 4.98 Å². The molecule has 0 spiro atoms. The van der Waals surface area contributed by atoms with E-state index in [1.807, 2.05) is 32.0 Å². The molecule has 0 unspecified atom stereocenters. The fraction of sp³-hybridized carbons (Fsp3) is 0.333. The molecule has 1 saturated heterocycles. The lowest BCUT2D eigenvalue weighted by molar-refractivity contribution is 0.0742. The maximum atomic E-state index is 12.9. The first kappa shape index (κ1) is 18.9. The molecule has 1 aliphatic rings. The predicted octanol–water partition coefficient (Wildman–Crippen LogP) is 2.29. The lowest BCUT2D eigenvalue weighted by Gasteiger charge is -2.34. The molecule has 1 N–H and O–H groups in total. The van der Waals surface area contributed by atoms with Crippen molar-refractivity contribution in [2.45, 2.75) is 13.8 Å². The zero-order chi connectivity index (χ0) is 20.4. The monoisotopic (exact) mass is 393 g/mol. The molecule has 1 aliphatic heterocycles. The summed E-state index contributed by atoms with van der Waals surface area (Å²) in [6.07, 6.45) is 0. The summed E-state index contributed by atoms with van der Waals surface area (Å²) in [4.78, 5) is 38.0. The van der Waals surface area contributed by atoms with Crippen molar-refractivity contribution in [1.29, 1.82) is 0 Å². The number of para-hydroxylation sites is 1. The number of benzene rings is 1. The summed E-state index contributed by atoms with van der Waals surface area (Å²) in [6, 6.07) is 10.7. The highest BCUT2D eigenvalue weighted by atomic mass is 16.4. The van der Waals surface area contributed by atoms with Crippen LogP contribution in [0.4, 0.5) is 11.8 Å². The highest BCUT2D eigenvalue weighted by Crippen LogP contribution is 2.18. The summed E-state index contributed by atoms with van der Waals surface area (Å²) in [6.45, 7) is 6.90. The molecule has 0 saturated carbocycles. The van der Waals surface area contributed by atoms with Crippen LogP contribution in [-0.4, -0.2) is 53.5 Å². The molecule has 0 aliphatic carbocycles. The van der Waals surface area contributed by atoms with Gasteiger partial charge in [-0.3, -0.25) is 4.79 Å². The standard InChI is InChI=1S/C21H23N5O3/c1-3-22-18-12-14(2)23-21(24-18)26-10-8-25(9-11-26)19(27)16-13-15-6-4-5-7-17(15)29-20(16)28/h4-7,12-13H,3,8-11H2,1-2H3,(H,22,23,24). The quantitative estimate of drug-likeness (QED) is 0.680. The van der Waals surface area contributed by atoms with E-state index in [-0.39, 0.29) is 11.5 Å². The highest BCUT2D eigenvalue weighted by Gasteiger charge is 2.26. The smallest absolute Gasteiger partial charge is 0.349 e. The van der Waals surface area contributed by atoms with Crippen molar-refractivity contribution >= 4 is 28.6 Å². The van der Waals surface area contributed by atoms with Crippen molar-refractivity contribution in [3.8, 4) is 0 Å². The molecule has 0 atom stereocenters. The maximum Gasteiger partial charge on any atom is 0.349 e. The molecule has 8 heteroatoms. The number of carbonyl (C=O) groups excluding carboxylic acids is 1. The number of rotatable bonds is 4. The third-order valence-electron chi connectivity index (χ3n) is 4.92. The summed E-state index contributed by atoms with van der Waals surface area (Å²) in [7, 11) is 0. The van der Waals surface area contributed by atoms with Crippen molar-refractivity contribution < 1.29 is 9.21 Å². The van der Waals surface area contributed by atoms with Crippen LogP contribution in [0.3, 0.4) is 0 Å². The average molecular weight is 393 g/mol. The fourth-order valence-corrected chi connectivity index (χ4v) is 3.46. The second-order valence-electron chi connectivity index (χ2n) is 6.99. The van der Waals surface area contributed by atoms with E-state index in [9.17, 15) is 9.59 Å². The van der Waals surface area contributed by atoms with E-state index in [0.717, 1.165) is 23.4 Å². The van der Waals surface area contributed by atoms with Crippen LogP contribution >= 0.6 is 0 Å². The summed E-state index contributed by atoms with van der Waals surface area (Å²) < 4.78 is 5.30. The van der Waals surface area contributed by atoms with E-state index in [2.05, 4.69) is 20.2 Å². The summed E-state index contributed by atoms with van der Waals surface area (Å²) in [5.74, 6) is 1.14. The van der Waals surface area contributed by atoms with Crippen molar-refractivity contribution in [1.82, 2.24) is 14.9 Å². The molecule has 0 radical (unpaired) electrons. The minimum atomic E-state index is -0.603. The Morgan fingerprint density at radius 1 is 1.14 bits per heavy atom. The van der Waals surface area contributed by atoms with Gasteiger partial charge < -0.3 is 19.5 Å². The number of amides is 1. The molecule has 29 heavy (non-hydrogen) atoms. The Bertz CT molecular complexity index is 1100. The molecule has 1 fully saturated rings. The second-order valence-corrected chi connectivity index (χ2v) is 6.99. The van der Waals surface area contributed by atoms with Gasteiger partial charge in [0.15, 0.2) is 0 Å². The lowest BCUT2D eigenvalue weighted by Crippen LogP contribution is -2.50. The zero-order valence-corrected chi connectivity index (χ0v) is 16.5. The van der Waals surface area contributed by atoms with E-state index in [1.165, 1.54) is 0 Å². The molecule has 1 amide bonds. The molecule has 2 aromatic heterocycles. The number of nitrogens with one attached hydrogen (secondary N) is 1. The van der Waals surface area contributed by atoms with E-state index < -0.39 is 5.63 Å². The SMILES string of the molecule is CCNc1cc(C)nc(N2CCN(C(=O)c3cc4ccccc4oc3=O)CC2)n1. The van der Waals surface area contributed by atoms with Gasteiger partial charge in [0.2, 0.25) is 5.95 Å². The third kappa shape index (κ3) is 3.91. The number of piperazine rings is 1. The van der Waals surface area contributed by atoms with Crippen molar-refractivity contribution in [3.63, 3.8) is 0 Å². The van der Waals surface area contributed by atoms with Crippen LogP contribution in [0.2, 0.25) is 0 Å². The largest absolute Gasteiger partial charge is 0.422 e. The highest BCUT2D eigenvalue weighted by molar-refractivity contribution is 5.96.